The van der Waals surface area contributed by atoms with E-state index in [1.807, 2.05) is 36.4 Å². The first-order valence-electron chi connectivity index (χ1n) is 8.70. The number of anilines is 1. The summed E-state index contributed by atoms with van der Waals surface area (Å²) < 4.78 is 11.0. The van der Waals surface area contributed by atoms with Gasteiger partial charge in [-0.2, -0.15) is 0 Å². The summed E-state index contributed by atoms with van der Waals surface area (Å²) in [6, 6.07) is 14.2. The van der Waals surface area contributed by atoms with E-state index in [1.54, 1.807) is 19.2 Å². The maximum atomic E-state index is 12.2. The molecule has 0 bridgehead atoms. The van der Waals surface area contributed by atoms with E-state index in [0.717, 1.165) is 11.3 Å². The van der Waals surface area contributed by atoms with Gasteiger partial charge in [0.15, 0.2) is 5.75 Å². The predicted octanol–water partition coefficient (Wildman–Crippen LogP) is 2.61. The molecule has 0 saturated carbocycles. The van der Waals surface area contributed by atoms with Crippen LogP contribution in [0.25, 0.3) is 0 Å². The van der Waals surface area contributed by atoms with Gasteiger partial charge >= 0.3 is 0 Å². The normalized spacial score (nSPS) is 20.9. The van der Waals surface area contributed by atoms with Crippen molar-refractivity contribution >= 4 is 29.1 Å². The summed E-state index contributed by atoms with van der Waals surface area (Å²) >= 11 is 6.23. The van der Waals surface area contributed by atoms with Gasteiger partial charge in [0.1, 0.15) is 16.9 Å². The minimum Gasteiger partial charge on any atom is -0.497 e. The van der Waals surface area contributed by atoms with Crippen molar-refractivity contribution in [1.29, 1.82) is 0 Å². The number of para-hydroxylation sites is 2. The van der Waals surface area contributed by atoms with E-state index in [9.17, 15) is 9.59 Å². The van der Waals surface area contributed by atoms with Crippen LogP contribution in [0.5, 0.6) is 11.5 Å². The summed E-state index contributed by atoms with van der Waals surface area (Å²) in [5.74, 6) is 1.13. The Morgan fingerprint density at radius 1 is 1.18 bits per heavy atom. The molecule has 2 amide bonds. The highest BCUT2D eigenvalue weighted by Crippen LogP contribution is 2.37. The van der Waals surface area contributed by atoms with Gasteiger partial charge in [-0.1, -0.05) is 24.3 Å². The third-order valence-electron chi connectivity index (χ3n) is 4.59. The fraction of sp³-hybridized carbons (Fsp3) is 0.200. The molecule has 2 unspecified atom stereocenters. The van der Waals surface area contributed by atoms with Gasteiger partial charge in [-0.15, -0.1) is 11.6 Å². The minimum absolute atomic E-state index is 0.157. The van der Waals surface area contributed by atoms with Crippen LogP contribution in [0, 0.1) is 0 Å². The number of methoxy groups -OCH3 is 1. The molecule has 1 fully saturated rings. The topological polar surface area (TPSA) is 79.9 Å². The van der Waals surface area contributed by atoms with E-state index in [4.69, 9.17) is 21.1 Å². The average molecular weight is 400 g/mol. The van der Waals surface area contributed by atoms with Gasteiger partial charge in [0.2, 0.25) is 0 Å². The molecule has 2 aliphatic heterocycles. The maximum absolute atomic E-state index is 12.2. The second kappa shape index (κ2) is 7.53. The molecular weight excluding hydrogens is 382 g/mol. The predicted molar refractivity (Wildman–Crippen MR) is 104 cm³/mol. The van der Waals surface area contributed by atoms with Crippen LogP contribution in [0.1, 0.15) is 11.6 Å². The SMILES string of the molecule is COc1ccc(C2C(Cl)C(=O)N2NCC2=CC(=O)Nc3ccccc3O2)cc1. The van der Waals surface area contributed by atoms with Crippen LogP contribution in [-0.4, -0.2) is 35.9 Å². The van der Waals surface area contributed by atoms with Crippen molar-refractivity contribution in [2.45, 2.75) is 11.4 Å². The lowest BCUT2D eigenvalue weighted by Gasteiger charge is -2.44. The van der Waals surface area contributed by atoms with E-state index in [0.29, 0.717) is 17.2 Å². The molecule has 7 nitrogen and oxygen atoms in total. The van der Waals surface area contributed by atoms with Gasteiger partial charge in [-0.25, -0.2) is 5.43 Å². The standard InChI is InChI=1S/C20H18ClN3O4/c1-27-13-8-6-12(7-9-13)19-18(21)20(26)24(19)22-11-14-10-17(25)23-15-4-2-3-5-16(15)28-14/h2-10,18-19,22H,11H2,1H3,(H,23,25). The molecule has 2 aliphatic rings. The molecule has 2 N–H and O–H groups in total. The van der Waals surface area contributed by atoms with Gasteiger partial charge in [0.05, 0.1) is 25.4 Å². The minimum atomic E-state index is -0.658. The number of hydrogen-bond acceptors (Lipinski definition) is 5. The van der Waals surface area contributed by atoms with Crippen LogP contribution < -0.4 is 20.2 Å². The number of halogens is 1. The number of amides is 2. The molecular formula is C20H18ClN3O4. The second-order valence-electron chi connectivity index (χ2n) is 6.36. The van der Waals surface area contributed by atoms with Crippen LogP contribution >= 0.6 is 11.6 Å². The first kappa shape index (κ1) is 18.3. The van der Waals surface area contributed by atoms with Crippen molar-refractivity contribution < 1.29 is 19.1 Å². The molecule has 0 aromatic heterocycles. The molecule has 144 valence electrons. The lowest BCUT2D eigenvalue weighted by Crippen LogP contribution is -2.62. The number of carbonyl (C=O) groups is 2. The third-order valence-corrected chi connectivity index (χ3v) is 5.01. The van der Waals surface area contributed by atoms with Gasteiger partial charge in [-0.3, -0.25) is 14.6 Å². The Morgan fingerprint density at radius 2 is 1.93 bits per heavy atom. The smallest absolute Gasteiger partial charge is 0.257 e. The molecule has 8 heteroatoms. The largest absolute Gasteiger partial charge is 0.497 e. The highest BCUT2D eigenvalue weighted by molar-refractivity contribution is 6.33. The molecule has 0 radical (unpaired) electrons. The average Bonchev–Trinajstić information content (AvgIpc) is 2.88. The monoisotopic (exact) mass is 399 g/mol. The molecule has 1 saturated heterocycles. The lowest BCUT2D eigenvalue weighted by atomic mass is 9.95. The Hall–Kier alpha value is -3.03. The first-order chi connectivity index (χ1) is 13.6. The van der Waals surface area contributed by atoms with E-state index in [2.05, 4.69) is 10.7 Å². The highest BCUT2D eigenvalue weighted by atomic mass is 35.5. The number of hydrazine groups is 1. The van der Waals surface area contributed by atoms with Crippen molar-refractivity contribution in [3.8, 4) is 11.5 Å². The van der Waals surface area contributed by atoms with Crippen LogP contribution in [0.15, 0.2) is 60.4 Å². The Balaban J connectivity index is 1.47. The van der Waals surface area contributed by atoms with E-state index >= 15 is 0 Å². The molecule has 2 aromatic carbocycles. The Labute approximate surface area is 166 Å². The number of ether oxygens (including phenoxy) is 2. The summed E-state index contributed by atoms with van der Waals surface area (Å²) in [5, 5.41) is 3.55. The zero-order chi connectivity index (χ0) is 19.7. The zero-order valence-electron chi connectivity index (χ0n) is 15.0. The van der Waals surface area contributed by atoms with E-state index < -0.39 is 5.38 Å². The van der Waals surface area contributed by atoms with E-state index in [1.165, 1.54) is 11.1 Å². The van der Waals surface area contributed by atoms with Gasteiger partial charge in [0.25, 0.3) is 11.8 Å². The van der Waals surface area contributed by atoms with Gasteiger partial charge < -0.3 is 14.8 Å². The molecule has 4 rings (SSSR count). The van der Waals surface area contributed by atoms with Gasteiger partial charge in [-0.05, 0) is 29.8 Å². The molecule has 0 spiro atoms. The number of nitrogens with one attached hydrogen (secondary N) is 2. The Kier molecular flexibility index (Phi) is 4.93. The van der Waals surface area contributed by atoms with Gasteiger partial charge in [0, 0.05) is 6.08 Å². The Bertz CT molecular complexity index is 945. The van der Waals surface area contributed by atoms with Crippen molar-refractivity contribution in [3.05, 3.63) is 65.9 Å². The summed E-state index contributed by atoms with van der Waals surface area (Å²) in [6.07, 6.45) is 1.36. The number of carbonyl (C=O) groups excluding carboxylic acids is 2. The number of β-lactam (4-membered cyclic amide) rings is 1. The molecule has 2 aromatic rings. The number of benzene rings is 2. The first-order valence-corrected chi connectivity index (χ1v) is 9.13. The molecule has 0 aliphatic carbocycles. The highest BCUT2D eigenvalue weighted by Gasteiger charge is 2.47. The van der Waals surface area contributed by atoms with Crippen molar-refractivity contribution in [3.63, 3.8) is 0 Å². The van der Waals surface area contributed by atoms with Crippen molar-refractivity contribution in [1.82, 2.24) is 10.4 Å². The third kappa shape index (κ3) is 3.42. The van der Waals surface area contributed by atoms with Crippen molar-refractivity contribution in [2.75, 3.05) is 19.0 Å². The number of rotatable bonds is 5. The molecule has 2 atom stereocenters. The second-order valence-corrected chi connectivity index (χ2v) is 6.83. The molecule has 2 heterocycles. The van der Waals surface area contributed by atoms with Crippen molar-refractivity contribution in [2.24, 2.45) is 0 Å². The van der Waals surface area contributed by atoms with Crippen LogP contribution in [0.3, 0.4) is 0 Å². The van der Waals surface area contributed by atoms with E-state index in [-0.39, 0.29) is 24.4 Å². The number of fused-ring (bicyclic) bond motifs is 1. The maximum Gasteiger partial charge on any atom is 0.257 e. The molecule has 28 heavy (non-hydrogen) atoms. The number of nitrogens with zero attached hydrogens (tertiary/aromatic N) is 1. The summed E-state index contributed by atoms with van der Waals surface area (Å²) in [7, 11) is 1.59. The van der Waals surface area contributed by atoms with Crippen LogP contribution in [-0.2, 0) is 9.59 Å². The lowest BCUT2D eigenvalue weighted by molar-refractivity contribution is -0.150. The Morgan fingerprint density at radius 3 is 2.68 bits per heavy atom. The summed E-state index contributed by atoms with van der Waals surface area (Å²) in [5.41, 5.74) is 4.49. The summed E-state index contributed by atoms with van der Waals surface area (Å²) in [6.45, 7) is 0.157. The summed E-state index contributed by atoms with van der Waals surface area (Å²) in [4.78, 5) is 24.3. The quantitative estimate of drug-likeness (QED) is 0.596. The fourth-order valence-corrected chi connectivity index (χ4v) is 3.51. The van der Waals surface area contributed by atoms with Crippen LogP contribution in [0.4, 0.5) is 5.69 Å². The number of alkyl halides is 1. The van der Waals surface area contributed by atoms with Crippen LogP contribution in [0.2, 0.25) is 0 Å². The zero-order valence-corrected chi connectivity index (χ0v) is 15.8. The fourth-order valence-electron chi connectivity index (χ4n) is 3.14. The number of hydrogen-bond donors (Lipinski definition) is 2.